The van der Waals surface area contributed by atoms with Crippen molar-refractivity contribution >= 4 is 11.6 Å². The monoisotopic (exact) mass is 246 g/mol. The van der Waals surface area contributed by atoms with Crippen molar-refractivity contribution in [1.29, 1.82) is 0 Å². The molecule has 0 bridgehead atoms. The fraction of sp³-hybridized carbons (Fsp3) is 0.500. The summed E-state index contributed by atoms with van der Waals surface area (Å²) in [5.74, 6) is -0.425. The maximum absolute atomic E-state index is 13.1. The van der Waals surface area contributed by atoms with Crippen molar-refractivity contribution in [3.63, 3.8) is 0 Å². The Kier molecular flexibility index (Phi) is 4.30. The topological polar surface area (TPSA) is 29.5 Å². The lowest BCUT2D eigenvalue weighted by Gasteiger charge is -2.31. The zero-order chi connectivity index (χ0) is 12.3. The second-order valence-corrected chi connectivity index (χ2v) is 4.51. The molecule has 1 aromatic carbocycles. The molecule has 4 heteroatoms. The van der Waals surface area contributed by atoms with Gasteiger partial charge in [0.15, 0.2) is 0 Å². The molecule has 0 radical (unpaired) electrons. The third-order valence-electron chi connectivity index (χ3n) is 2.43. The van der Waals surface area contributed by atoms with E-state index in [2.05, 4.69) is 0 Å². The summed E-state index contributed by atoms with van der Waals surface area (Å²) >= 11 is 5.92. The molecule has 2 nitrogen and oxygen atoms in total. The van der Waals surface area contributed by atoms with Crippen LogP contribution in [0.25, 0.3) is 0 Å². The zero-order valence-electron chi connectivity index (χ0n) is 9.63. The molecule has 0 aliphatic carbocycles. The van der Waals surface area contributed by atoms with Gasteiger partial charge in [0.1, 0.15) is 11.9 Å². The molecule has 16 heavy (non-hydrogen) atoms. The number of halogens is 2. The van der Waals surface area contributed by atoms with E-state index in [1.807, 2.05) is 6.92 Å². The van der Waals surface area contributed by atoms with E-state index < -0.39 is 17.5 Å². The third kappa shape index (κ3) is 2.94. The molecule has 0 spiro atoms. The van der Waals surface area contributed by atoms with Crippen molar-refractivity contribution in [3.8, 4) is 0 Å². The van der Waals surface area contributed by atoms with Crippen LogP contribution in [0.4, 0.5) is 4.39 Å². The standard InChI is InChI=1S/C12H16ClFO2/c1-4-16-12(2,3)11(15)9-7-8(14)5-6-10(9)13/h5-7,11,15H,4H2,1-3H3. The molecule has 0 aliphatic heterocycles. The van der Waals surface area contributed by atoms with Gasteiger partial charge in [-0.3, -0.25) is 0 Å². The average molecular weight is 247 g/mol. The molecule has 1 N–H and O–H groups in total. The second-order valence-electron chi connectivity index (χ2n) is 4.10. The van der Waals surface area contributed by atoms with Crippen molar-refractivity contribution < 1.29 is 14.2 Å². The van der Waals surface area contributed by atoms with Gasteiger partial charge in [0.25, 0.3) is 0 Å². The molecule has 0 aromatic heterocycles. The summed E-state index contributed by atoms with van der Waals surface area (Å²) in [5, 5.41) is 10.4. The highest BCUT2D eigenvalue weighted by Gasteiger charge is 2.31. The lowest BCUT2D eigenvalue weighted by molar-refractivity contribution is -0.0983. The lowest BCUT2D eigenvalue weighted by Crippen LogP contribution is -2.33. The number of ether oxygens (including phenoxy) is 1. The van der Waals surface area contributed by atoms with Crippen LogP contribution in [0.3, 0.4) is 0 Å². The van der Waals surface area contributed by atoms with Crippen molar-refractivity contribution in [2.24, 2.45) is 0 Å². The summed E-state index contributed by atoms with van der Waals surface area (Å²) < 4.78 is 18.5. The van der Waals surface area contributed by atoms with E-state index in [9.17, 15) is 9.50 Å². The van der Waals surface area contributed by atoms with E-state index in [-0.39, 0.29) is 0 Å². The molecule has 1 atom stereocenters. The summed E-state index contributed by atoms with van der Waals surface area (Å²) in [4.78, 5) is 0. The third-order valence-corrected chi connectivity index (χ3v) is 2.77. The van der Waals surface area contributed by atoms with Crippen LogP contribution < -0.4 is 0 Å². The summed E-state index contributed by atoms with van der Waals surface area (Å²) in [6.45, 7) is 5.78. The van der Waals surface area contributed by atoms with Crippen LogP contribution in [0.5, 0.6) is 0 Å². The van der Waals surface area contributed by atoms with E-state index in [1.54, 1.807) is 13.8 Å². The Hall–Kier alpha value is -0.640. The Balaban J connectivity index is 3.03. The molecular weight excluding hydrogens is 231 g/mol. The van der Waals surface area contributed by atoms with Crippen molar-refractivity contribution in [1.82, 2.24) is 0 Å². The van der Waals surface area contributed by atoms with Crippen LogP contribution in [0.15, 0.2) is 18.2 Å². The molecular formula is C12H16ClFO2. The molecule has 0 heterocycles. The Morgan fingerprint density at radius 2 is 2.12 bits per heavy atom. The van der Waals surface area contributed by atoms with E-state index in [1.165, 1.54) is 18.2 Å². The predicted octanol–water partition coefficient (Wildman–Crippen LogP) is 3.33. The highest BCUT2D eigenvalue weighted by molar-refractivity contribution is 6.31. The second kappa shape index (κ2) is 5.13. The van der Waals surface area contributed by atoms with Gasteiger partial charge in [0.05, 0.1) is 5.60 Å². The highest BCUT2D eigenvalue weighted by atomic mass is 35.5. The fourth-order valence-electron chi connectivity index (χ4n) is 1.55. The van der Waals surface area contributed by atoms with Gasteiger partial charge >= 0.3 is 0 Å². The Labute approximate surface area is 100.0 Å². The Bertz CT molecular complexity index is 366. The molecule has 1 unspecified atom stereocenters. The van der Waals surface area contributed by atoms with Crippen LogP contribution in [-0.2, 0) is 4.74 Å². The van der Waals surface area contributed by atoms with Crippen LogP contribution >= 0.6 is 11.6 Å². The molecule has 1 aromatic rings. The molecule has 0 saturated heterocycles. The Morgan fingerprint density at radius 1 is 1.50 bits per heavy atom. The fourth-order valence-corrected chi connectivity index (χ4v) is 1.77. The molecule has 0 amide bonds. The van der Waals surface area contributed by atoms with E-state index in [4.69, 9.17) is 16.3 Å². The summed E-state index contributed by atoms with van der Waals surface area (Å²) in [6.07, 6.45) is -0.962. The largest absolute Gasteiger partial charge is 0.385 e. The average Bonchev–Trinajstić information content (AvgIpc) is 2.20. The number of hydrogen-bond acceptors (Lipinski definition) is 2. The van der Waals surface area contributed by atoms with Gasteiger partial charge in [-0.2, -0.15) is 0 Å². The van der Waals surface area contributed by atoms with Gasteiger partial charge in [-0.05, 0) is 39.0 Å². The first-order valence-corrected chi connectivity index (χ1v) is 5.53. The first-order valence-electron chi connectivity index (χ1n) is 5.15. The number of rotatable bonds is 4. The number of aliphatic hydroxyl groups excluding tert-OH is 1. The minimum atomic E-state index is -0.962. The smallest absolute Gasteiger partial charge is 0.123 e. The zero-order valence-corrected chi connectivity index (χ0v) is 10.4. The van der Waals surface area contributed by atoms with Gasteiger partial charge < -0.3 is 9.84 Å². The van der Waals surface area contributed by atoms with Crippen molar-refractivity contribution in [2.45, 2.75) is 32.5 Å². The SMILES string of the molecule is CCOC(C)(C)C(O)c1cc(F)ccc1Cl. The Morgan fingerprint density at radius 3 is 2.69 bits per heavy atom. The normalized spacial score (nSPS) is 13.9. The van der Waals surface area contributed by atoms with Gasteiger partial charge in [-0.1, -0.05) is 11.6 Å². The summed E-state index contributed by atoms with van der Waals surface area (Å²) in [5.41, 5.74) is -0.452. The van der Waals surface area contributed by atoms with Crippen molar-refractivity contribution in [2.75, 3.05) is 6.61 Å². The van der Waals surface area contributed by atoms with Crippen LogP contribution in [0, 0.1) is 5.82 Å². The van der Waals surface area contributed by atoms with Gasteiger partial charge in [0.2, 0.25) is 0 Å². The first kappa shape index (κ1) is 13.4. The molecule has 90 valence electrons. The van der Waals surface area contributed by atoms with Crippen LogP contribution in [0.1, 0.15) is 32.4 Å². The maximum atomic E-state index is 13.1. The summed E-state index contributed by atoms with van der Waals surface area (Å²) in [7, 11) is 0. The predicted molar refractivity (Wildman–Crippen MR) is 62.1 cm³/mol. The van der Waals surface area contributed by atoms with Gasteiger partial charge in [0, 0.05) is 17.2 Å². The number of hydrogen-bond donors (Lipinski definition) is 1. The summed E-state index contributed by atoms with van der Waals surface area (Å²) in [6, 6.07) is 3.91. The number of benzene rings is 1. The number of aliphatic hydroxyl groups is 1. The molecule has 1 rings (SSSR count). The molecule has 0 saturated carbocycles. The maximum Gasteiger partial charge on any atom is 0.123 e. The van der Waals surface area contributed by atoms with Crippen LogP contribution in [-0.4, -0.2) is 17.3 Å². The van der Waals surface area contributed by atoms with Crippen molar-refractivity contribution in [3.05, 3.63) is 34.6 Å². The minimum absolute atomic E-state index is 0.335. The molecule has 0 aliphatic rings. The van der Waals surface area contributed by atoms with Gasteiger partial charge in [-0.15, -0.1) is 0 Å². The molecule has 0 fully saturated rings. The van der Waals surface area contributed by atoms with E-state index >= 15 is 0 Å². The van der Waals surface area contributed by atoms with Crippen LogP contribution in [0.2, 0.25) is 5.02 Å². The highest BCUT2D eigenvalue weighted by Crippen LogP contribution is 2.33. The minimum Gasteiger partial charge on any atom is -0.385 e. The van der Waals surface area contributed by atoms with Gasteiger partial charge in [-0.25, -0.2) is 4.39 Å². The first-order chi connectivity index (χ1) is 7.38. The van der Waals surface area contributed by atoms with E-state index in [0.29, 0.717) is 17.2 Å². The quantitative estimate of drug-likeness (QED) is 0.883. The lowest BCUT2D eigenvalue weighted by atomic mass is 9.94. The van der Waals surface area contributed by atoms with E-state index in [0.717, 1.165) is 0 Å².